The summed E-state index contributed by atoms with van der Waals surface area (Å²) in [4.78, 5) is 11.0. The van der Waals surface area contributed by atoms with E-state index in [0.717, 1.165) is 24.7 Å². The predicted octanol–water partition coefficient (Wildman–Crippen LogP) is 1.86. The van der Waals surface area contributed by atoms with Crippen molar-refractivity contribution in [1.82, 2.24) is 4.31 Å². The van der Waals surface area contributed by atoms with Gasteiger partial charge in [-0.15, -0.1) is 0 Å². The molecule has 0 amide bonds. The second-order valence-corrected chi connectivity index (χ2v) is 7.53. The van der Waals surface area contributed by atoms with Crippen LogP contribution in [0.4, 0.5) is 0 Å². The van der Waals surface area contributed by atoms with Crippen molar-refractivity contribution in [3.8, 4) is 5.75 Å². The van der Waals surface area contributed by atoms with Gasteiger partial charge >= 0.3 is 0 Å². The summed E-state index contributed by atoms with van der Waals surface area (Å²) in [6, 6.07) is 5.43. The molecule has 0 spiro atoms. The average molecular weight is 311 g/mol. The van der Waals surface area contributed by atoms with E-state index in [1.165, 1.54) is 10.6 Å². The molecule has 0 saturated carbocycles. The fourth-order valence-corrected chi connectivity index (χ4v) is 3.57. The van der Waals surface area contributed by atoms with Crippen LogP contribution in [0.25, 0.3) is 0 Å². The first-order valence-electron chi connectivity index (χ1n) is 7.04. The quantitative estimate of drug-likeness (QED) is 0.779. The van der Waals surface area contributed by atoms with Crippen LogP contribution < -0.4 is 4.74 Å². The maximum Gasteiger partial charge on any atom is 0.211 e. The summed E-state index contributed by atoms with van der Waals surface area (Å²) in [7, 11) is -3.14. The van der Waals surface area contributed by atoms with E-state index in [2.05, 4.69) is 0 Å². The third-order valence-electron chi connectivity index (χ3n) is 3.78. The van der Waals surface area contributed by atoms with Crippen molar-refractivity contribution in [1.29, 1.82) is 0 Å². The monoisotopic (exact) mass is 311 g/mol. The minimum Gasteiger partial charge on any atom is -0.492 e. The number of aldehydes is 1. The Morgan fingerprint density at radius 3 is 2.86 bits per heavy atom. The van der Waals surface area contributed by atoms with Gasteiger partial charge in [0, 0.05) is 19.0 Å². The number of hydrogen-bond acceptors (Lipinski definition) is 4. The number of nitrogens with zero attached hydrogens (tertiary/aromatic N) is 1. The van der Waals surface area contributed by atoms with Gasteiger partial charge in [-0.1, -0.05) is 12.1 Å². The summed E-state index contributed by atoms with van der Waals surface area (Å²) in [6.07, 6.45) is 3.80. The topological polar surface area (TPSA) is 63.7 Å². The Bertz CT molecular complexity index is 612. The molecule has 116 valence electrons. The van der Waals surface area contributed by atoms with E-state index >= 15 is 0 Å². The molecule has 1 aromatic carbocycles. The zero-order valence-electron chi connectivity index (χ0n) is 12.4. The summed E-state index contributed by atoms with van der Waals surface area (Å²) < 4.78 is 30.5. The number of piperidine rings is 1. The normalized spacial score (nSPS) is 20.2. The second-order valence-electron chi connectivity index (χ2n) is 5.55. The van der Waals surface area contributed by atoms with Crippen LogP contribution in [0.5, 0.6) is 5.75 Å². The molecule has 1 atom stereocenters. The third kappa shape index (κ3) is 4.04. The number of aryl methyl sites for hydroxylation is 1. The largest absolute Gasteiger partial charge is 0.492 e. The van der Waals surface area contributed by atoms with E-state index in [-0.39, 0.29) is 5.92 Å². The smallest absolute Gasteiger partial charge is 0.211 e. The summed E-state index contributed by atoms with van der Waals surface area (Å²) in [6.45, 7) is 3.39. The van der Waals surface area contributed by atoms with Crippen molar-refractivity contribution in [2.24, 2.45) is 5.92 Å². The fourth-order valence-electron chi connectivity index (χ4n) is 2.63. The van der Waals surface area contributed by atoms with Crippen LogP contribution in [-0.4, -0.2) is 45.0 Å². The number of carbonyl (C=O) groups is 1. The summed E-state index contributed by atoms with van der Waals surface area (Å²) in [5.74, 6) is 0.761. The number of benzene rings is 1. The number of carbonyl (C=O) groups excluding carboxylic acids is 1. The van der Waals surface area contributed by atoms with Crippen molar-refractivity contribution < 1.29 is 17.9 Å². The molecule has 1 heterocycles. The van der Waals surface area contributed by atoms with Gasteiger partial charge in [0.15, 0.2) is 6.29 Å². The summed E-state index contributed by atoms with van der Waals surface area (Å²) in [5, 5.41) is 0. The zero-order valence-corrected chi connectivity index (χ0v) is 13.2. The standard InChI is InChI=1S/C15H21NO4S/c1-12-5-3-7-14(10-17)15(12)20-11-13-6-4-8-16(9-13)21(2,18)19/h3,5,7,10,13H,4,6,8-9,11H2,1-2H3. The maximum atomic E-state index is 11.6. The van der Waals surface area contributed by atoms with E-state index in [1.807, 2.05) is 19.1 Å². The molecule has 2 rings (SSSR count). The van der Waals surface area contributed by atoms with E-state index < -0.39 is 10.0 Å². The minimum atomic E-state index is -3.14. The lowest BCUT2D eigenvalue weighted by atomic mass is 10.0. The highest BCUT2D eigenvalue weighted by Gasteiger charge is 2.26. The molecule has 1 aromatic rings. The highest BCUT2D eigenvalue weighted by molar-refractivity contribution is 7.88. The molecule has 0 N–H and O–H groups in total. The molecular formula is C15H21NO4S. The lowest BCUT2D eigenvalue weighted by Gasteiger charge is -2.31. The average Bonchev–Trinajstić information content (AvgIpc) is 2.45. The van der Waals surface area contributed by atoms with Crippen molar-refractivity contribution in [3.63, 3.8) is 0 Å². The van der Waals surface area contributed by atoms with E-state index in [0.29, 0.717) is 31.0 Å². The molecule has 1 saturated heterocycles. The second kappa shape index (κ2) is 6.58. The van der Waals surface area contributed by atoms with E-state index in [4.69, 9.17) is 4.74 Å². The lowest BCUT2D eigenvalue weighted by Crippen LogP contribution is -2.41. The molecule has 21 heavy (non-hydrogen) atoms. The SMILES string of the molecule is Cc1cccc(C=O)c1OCC1CCCN(S(C)(=O)=O)C1. The molecule has 1 aliphatic heterocycles. The number of hydrogen-bond donors (Lipinski definition) is 0. The number of sulfonamides is 1. The van der Waals surface area contributed by atoms with Crippen LogP contribution in [-0.2, 0) is 10.0 Å². The van der Waals surface area contributed by atoms with Gasteiger partial charge in [0.2, 0.25) is 10.0 Å². The number of ether oxygens (including phenoxy) is 1. The lowest BCUT2D eigenvalue weighted by molar-refractivity contribution is 0.111. The number of para-hydroxylation sites is 1. The van der Waals surface area contributed by atoms with Gasteiger partial charge in [0.05, 0.1) is 18.4 Å². The molecule has 5 nitrogen and oxygen atoms in total. The molecule has 1 unspecified atom stereocenters. The molecule has 0 aromatic heterocycles. The minimum absolute atomic E-state index is 0.160. The van der Waals surface area contributed by atoms with Crippen molar-refractivity contribution in [2.75, 3.05) is 26.0 Å². The van der Waals surface area contributed by atoms with Gasteiger partial charge in [-0.25, -0.2) is 12.7 Å². The predicted molar refractivity (Wildman–Crippen MR) is 81.2 cm³/mol. The molecule has 1 fully saturated rings. The van der Waals surface area contributed by atoms with Crippen LogP contribution in [0.15, 0.2) is 18.2 Å². The van der Waals surface area contributed by atoms with Crippen LogP contribution >= 0.6 is 0 Å². The fraction of sp³-hybridized carbons (Fsp3) is 0.533. The number of rotatable bonds is 5. The van der Waals surface area contributed by atoms with Gasteiger partial charge in [-0.05, 0) is 31.4 Å². The zero-order chi connectivity index (χ0) is 15.5. The Balaban J connectivity index is 2.02. The Kier molecular flexibility index (Phi) is 5.00. The highest BCUT2D eigenvalue weighted by atomic mass is 32.2. The molecular weight excluding hydrogens is 290 g/mol. The Labute approximate surface area is 126 Å². The van der Waals surface area contributed by atoms with Crippen molar-refractivity contribution in [2.45, 2.75) is 19.8 Å². The molecule has 6 heteroatoms. The van der Waals surface area contributed by atoms with Gasteiger partial charge in [-0.2, -0.15) is 0 Å². The van der Waals surface area contributed by atoms with Crippen molar-refractivity contribution in [3.05, 3.63) is 29.3 Å². The van der Waals surface area contributed by atoms with E-state index in [9.17, 15) is 13.2 Å². The Morgan fingerprint density at radius 2 is 2.19 bits per heavy atom. The van der Waals surface area contributed by atoms with Crippen molar-refractivity contribution >= 4 is 16.3 Å². The van der Waals surface area contributed by atoms with Gasteiger partial charge in [0.25, 0.3) is 0 Å². The highest BCUT2D eigenvalue weighted by Crippen LogP contribution is 2.25. The van der Waals surface area contributed by atoms with Crippen LogP contribution in [0.3, 0.4) is 0 Å². The van der Waals surface area contributed by atoms with E-state index in [1.54, 1.807) is 6.07 Å². The molecule has 0 aliphatic carbocycles. The first-order valence-corrected chi connectivity index (χ1v) is 8.89. The molecule has 0 bridgehead atoms. The third-order valence-corrected chi connectivity index (χ3v) is 5.05. The van der Waals surface area contributed by atoms with Crippen LogP contribution in [0, 0.1) is 12.8 Å². The van der Waals surface area contributed by atoms with Crippen LogP contribution in [0.2, 0.25) is 0 Å². The molecule has 1 aliphatic rings. The van der Waals surface area contributed by atoms with Gasteiger partial charge in [0.1, 0.15) is 5.75 Å². The Morgan fingerprint density at radius 1 is 1.43 bits per heavy atom. The summed E-state index contributed by atoms with van der Waals surface area (Å²) in [5.41, 5.74) is 1.45. The maximum absolute atomic E-state index is 11.6. The van der Waals surface area contributed by atoms with Gasteiger partial charge < -0.3 is 4.74 Å². The van der Waals surface area contributed by atoms with Crippen LogP contribution in [0.1, 0.15) is 28.8 Å². The summed E-state index contributed by atoms with van der Waals surface area (Å²) >= 11 is 0. The first-order chi connectivity index (χ1) is 9.91. The Hall–Kier alpha value is -1.40. The first kappa shape index (κ1) is 16.0. The van der Waals surface area contributed by atoms with Gasteiger partial charge in [-0.3, -0.25) is 4.79 Å². The molecule has 0 radical (unpaired) electrons.